The molecule has 198 valence electrons. The van der Waals surface area contributed by atoms with E-state index in [9.17, 15) is 32.3 Å². The van der Waals surface area contributed by atoms with Crippen molar-refractivity contribution in [3.05, 3.63) is 77.5 Å². The van der Waals surface area contributed by atoms with Gasteiger partial charge in [-0.2, -0.15) is 13.2 Å². The van der Waals surface area contributed by atoms with Gasteiger partial charge >= 0.3 is 18.1 Å². The summed E-state index contributed by atoms with van der Waals surface area (Å²) in [6.07, 6.45) is -4.21. The van der Waals surface area contributed by atoms with Gasteiger partial charge in [0.25, 0.3) is 5.91 Å². The van der Waals surface area contributed by atoms with Crippen molar-refractivity contribution in [2.75, 3.05) is 6.54 Å². The van der Waals surface area contributed by atoms with Crippen molar-refractivity contribution in [1.29, 1.82) is 0 Å². The van der Waals surface area contributed by atoms with Crippen molar-refractivity contribution < 1.29 is 37.1 Å². The minimum atomic E-state index is -5.22. The number of carbonyl (C=O) groups excluding carboxylic acids is 4. The molecule has 3 N–H and O–H groups in total. The number of hydrogen-bond acceptors (Lipinski definition) is 5. The van der Waals surface area contributed by atoms with Gasteiger partial charge in [-0.15, -0.1) is 0 Å². The smallest absolute Gasteiger partial charge is 0.459 e. The van der Waals surface area contributed by atoms with Crippen LogP contribution in [-0.4, -0.2) is 48.1 Å². The van der Waals surface area contributed by atoms with Crippen LogP contribution >= 0.6 is 0 Å². The number of esters is 1. The molecule has 0 saturated heterocycles. The molecule has 0 saturated carbocycles. The van der Waals surface area contributed by atoms with Crippen molar-refractivity contribution in [2.45, 2.75) is 45.0 Å². The van der Waals surface area contributed by atoms with Gasteiger partial charge in [0.05, 0.1) is 0 Å². The Balaban J connectivity index is 2.28. The van der Waals surface area contributed by atoms with E-state index in [4.69, 9.17) is 4.74 Å². The van der Waals surface area contributed by atoms with Crippen LogP contribution in [0.2, 0.25) is 0 Å². The van der Waals surface area contributed by atoms with E-state index in [0.29, 0.717) is 11.1 Å². The summed E-state index contributed by atoms with van der Waals surface area (Å²) < 4.78 is 43.9. The van der Waals surface area contributed by atoms with Crippen molar-refractivity contribution in [2.24, 2.45) is 0 Å². The summed E-state index contributed by atoms with van der Waals surface area (Å²) in [5.41, 5.74) is -0.170. The van der Waals surface area contributed by atoms with E-state index in [0.717, 1.165) is 0 Å². The van der Waals surface area contributed by atoms with Gasteiger partial charge < -0.3 is 20.7 Å². The summed E-state index contributed by atoms with van der Waals surface area (Å²) in [5, 5.41) is 6.29. The number of nitrogens with one attached hydrogen (secondary N) is 3. The van der Waals surface area contributed by atoms with Crippen LogP contribution in [0.15, 0.2) is 66.4 Å². The lowest BCUT2D eigenvalue weighted by atomic mass is 10.0. The molecule has 8 nitrogen and oxygen atoms in total. The molecule has 37 heavy (non-hydrogen) atoms. The first-order valence-corrected chi connectivity index (χ1v) is 11.2. The molecule has 0 bridgehead atoms. The average molecular weight is 520 g/mol. The molecule has 3 amide bonds. The predicted octanol–water partition coefficient (Wildman–Crippen LogP) is 2.89. The molecule has 1 atom stereocenters. The lowest BCUT2D eigenvalue weighted by Gasteiger charge is -2.21. The Bertz CT molecular complexity index is 1130. The van der Waals surface area contributed by atoms with E-state index in [-0.39, 0.29) is 12.1 Å². The molecule has 1 unspecified atom stereocenters. The zero-order valence-corrected chi connectivity index (χ0v) is 20.5. The zero-order chi connectivity index (χ0) is 27.6. The highest BCUT2D eigenvalue weighted by Crippen LogP contribution is 2.16. The lowest BCUT2D eigenvalue weighted by Crippen LogP contribution is -2.52. The fraction of sp³-hybridized carbons (Fsp3) is 0.308. The number of carbonyl (C=O) groups is 4. The Hall–Kier alpha value is -4.15. The van der Waals surface area contributed by atoms with Crippen LogP contribution in [0.1, 0.15) is 31.9 Å². The van der Waals surface area contributed by atoms with Crippen molar-refractivity contribution in [1.82, 2.24) is 16.0 Å². The Morgan fingerprint density at radius 3 is 2.03 bits per heavy atom. The van der Waals surface area contributed by atoms with Gasteiger partial charge in [0.1, 0.15) is 23.9 Å². The summed E-state index contributed by atoms with van der Waals surface area (Å²) >= 11 is 0. The normalized spacial score (nSPS) is 12.8. The highest BCUT2D eigenvalue weighted by molar-refractivity contribution is 6.03. The van der Waals surface area contributed by atoms with E-state index in [1.807, 2.05) is 0 Å². The first-order chi connectivity index (χ1) is 17.2. The van der Waals surface area contributed by atoms with Crippen LogP contribution in [-0.2, 0) is 30.3 Å². The number of alkyl halides is 3. The summed E-state index contributed by atoms with van der Waals surface area (Å²) in [4.78, 5) is 49.5. The molecule has 0 heterocycles. The summed E-state index contributed by atoms with van der Waals surface area (Å²) in [6.45, 7) is 4.43. The van der Waals surface area contributed by atoms with Crippen LogP contribution in [0.4, 0.5) is 13.2 Å². The van der Waals surface area contributed by atoms with Crippen LogP contribution in [0, 0.1) is 0 Å². The Morgan fingerprint density at radius 1 is 0.919 bits per heavy atom. The molecular weight excluding hydrogens is 491 g/mol. The molecule has 2 aromatic carbocycles. The Labute approximate surface area is 212 Å². The third kappa shape index (κ3) is 10.6. The summed E-state index contributed by atoms with van der Waals surface area (Å²) in [7, 11) is 0. The number of hydrogen-bond donors (Lipinski definition) is 3. The zero-order valence-electron chi connectivity index (χ0n) is 20.5. The van der Waals surface area contributed by atoms with E-state index >= 15 is 0 Å². The number of rotatable bonds is 9. The predicted molar refractivity (Wildman–Crippen MR) is 130 cm³/mol. The van der Waals surface area contributed by atoms with Crippen LogP contribution in [0.5, 0.6) is 0 Å². The monoisotopic (exact) mass is 519 g/mol. The topological polar surface area (TPSA) is 114 Å². The van der Waals surface area contributed by atoms with Gasteiger partial charge in [0, 0.05) is 6.42 Å². The molecule has 0 aromatic heterocycles. The van der Waals surface area contributed by atoms with Crippen molar-refractivity contribution in [3.8, 4) is 0 Å². The number of benzene rings is 2. The van der Waals surface area contributed by atoms with E-state index in [2.05, 4.69) is 10.6 Å². The maximum absolute atomic E-state index is 13.0. The first-order valence-electron chi connectivity index (χ1n) is 11.2. The van der Waals surface area contributed by atoms with E-state index in [1.54, 1.807) is 86.8 Å². The molecule has 0 aliphatic heterocycles. The summed E-state index contributed by atoms with van der Waals surface area (Å²) in [6, 6.07) is 14.7. The molecule has 0 aliphatic rings. The maximum atomic E-state index is 13.0. The highest BCUT2D eigenvalue weighted by Gasteiger charge is 2.41. The standard InChI is InChI=1S/C26H28F3N3O5/c1-25(2,3)37-21(33)16-30-22(34)19(14-17-10-6-4-7-11-17)31-23(35)20(32-24(36)26(27,28)29)15-18-12-8-5-9-13-18/h4-14,20H,15-16H2,1-3H3,(H,30,34)(H,31,35)(H,32,36)/b19-14-. The van der Waals surface area contributed by atoms with Crippen LogP contribution in [0.25, 0.3) is 6.08 Å². The van der Waals surface area contributed by atoms with Crippen LogP contribution < -0.4 is 16.0 Å². The fourth-order valence-corrected chi connectivity index (χ4v) is 3.02. The molecule has 11 heteroatoms. The lowest BCUT2D eigenvalue weighted by molar-refractivity contribution is -0.174. The van der Waals surface area contributed by atoms with E-state index < -0.39 is 48.1 Å². The van der Waals surface area contributed by atoms with Gasteiger partial charge in [0.15, 0.2) is 0 Å². The molecule has 2 aromatic rings. The van der Waals surface area contributed by atoms with Gasteiger partial charge in [-0.1, -0.05) is 60.7 Å². The Morgan fingerprint density at radius 2 is 1.49 bits per heavy atom. The highest BCUT2D eigenvalue weighted by atomic mass is 19.4. The van der Waals surface area contributed by atoms with Gasteiger partial charge in [-0.05, 0) is 38.0 Å². The first kappa shape index (κ1) is 29.1. The maximum Gasteiger partial charge on any atom is 0.471 e. The van der Waals surface area contributed by atoms with Gasteiger partial charge in [-0.25, -0.2) is 0 Å². The SMILES string of the molecule is CC(C)(C)OC(=O)CNC(=O)/C(=C/c1ccccc1)NC(=O)C(Cc1ccccc1)NC(=O)C(F)(F)F. The molecule has 0 fully saturated rings. The van der Waals surface area contributed by atoms with Gasteiger partial charge in [0.2, 0.25) is 5.91 Å². The molecule has 0 spiro atoms. The minimum Gasteiger partial charge on any atom is -0.459 e. The van der Waals surface area contributed by atoms with Gasteiger partial charge in [-0.3, -0.25) is 19.2 Å². The second-order valence-corrected chi connectivity index (χ2v) is 8.94. The van der Waals surface area contributed by atoms with E-state index in [1.165, 1.54) is 6.08 Å². The second-order valence-electron chi connectivity index (χ2n) is 8.94. The average Bonchev–Trinajstić information content (AvgIpc) is 2.81. The minimum absolute atomic E-state index is 0.271. The largest absolute Gasteiger partial charge is 0.471 e. The third-order valence-electron chi connectivity index (χ3n) is 4.59. The van der Waals surface area contributed by atoms with Crippen molar-refractivity contribution in [3.63, 3.8) is 0 Å². The molecule has 2 rings (SSSR count). The third-order valence-corrected chi connectivity index (χ3v) is 4.59. The number of amides is 3. The second kappa shape index (κ2) is 12.7. The number of halogens is 3. The fourth-order valence-electron chi connectivity index (χ4n) is 3.02. The van der Waals surface area contributed by atoms with Crippen LogP contribution in [0.3, 0.4) is 0 Å². The molecule has 0 aliphatic carbocycles. The Kier molecular flexibility index (Phi) is 9.98. The molecule has 0 radical (unpaired) electrons. The number of ether oxygens (including phenoxy) is 1. The quantitative estimate of drug-likeness (QED) is 0.348. The molecular formula is C26H28F3N3O5. The summed E-state index contributed by atoms with van der Waals surface area (Å²) in [5.74, 6) is -4.98. The van der Waals surface area contributed by atoms with Crippen molar-refractivity contribution >= 4 is 29.8 Å².